The molecule has 0 bridgehead atoms. The highest BCUT2D eigenvalue weighted by Crippen LogP contribution is 2.27. The predicted molar refractivity (Wildman–Crippen MR) is 87.5 cm³/mol. The molecule has 5 heteroatoms. The minimum Gasteiger partial charge on any atom is -0.459 e. The summed E-state index contributed by atoms with van der Waals surface area (Å²) >= 11 is 6.50. The summed E-state index contributed by atoms with van der Waals surface area (Å²) in [5.41, 5.74) is 0.419. The van der Waals surface area contributed by atoms with E-state index in [2.05, 4.69) is 6.07 Å². The lowest BCUT2D eigenvalue weighted by Gasteiger charge is -2.30. The molecule has 0 aliphatic heterocycles. The van der Waals surface area contributed by atoms with E-state index in [4.69, 9.17) is 21.6 Å². The van der Waals surface area contributed by atoms with Crippen molar-refractivity contribution in [3.63, 3.8) is 0 Å². The van der Waals surface area contributed by atoms with Crippen LogP contribution in [0.15, 0.2) is 30.3 Å². The van der Waals surface area contributed by atoms with Gasteiger partial charge in [0.2, 0.25) is 0 Å². The molecule has 0 aromatic heterocycles. The molecule has 22 heavy (non-hydrogen) atoms. The Balaban J connectivity index is 2.77. The van der Waals surface area contributed by atoms with E-state index in [-0.39, 0.29) is 30.5 Å². The number of benzene rings is 1. The van der Waals surface area contributed by atoms with Crippen molar-refractivity contribution in [1.82, 2.24) is 4.90 Å². The van der Waals surface area contributed by atoms with Crippen LogP contribution >= 0.6 is 11.6 Å². The van der Waals surface area contributed by atoms with Gasteiger partial charge >= 0.3 is 5.97 Å². The summed E-state index contributed by atoms with van der Waals surface area (Å²) in [5.74, 6) is -0.355. The summed E-state index contributed by atoms with van der Waals surface area (Å²) in [6, 6.07) is 11.5. The fraction of sp³-hybridized carbons (Fsp3) is 0.529. The molecule has 0 spiro atoms. The highest BCUT2D eigenvalue weighted by molar-refractivity contribution is 6.21. The van der Waals surface area contributed by atoms with Gasteiger partial charge in [-0.15, -0.1) is 11.6 Å². The summed E-state index contributed by atoms with van der Waals surface area (Å²) in [6.45, 7) is 7.52. The number of hydrogen-bond acceptors (Lipinski definition) is 4. The van der Waals surface area contributed by atoms with Crippen LogP contribution < -0.4 is 0 Å². The molecule has 0 aliphatic carbocycles. The van der Waals surface area contributed by atoms with Crippen molar-refractivity contribution in [2.75, 3.05) is 13.1 Å². The van der Waals surface area contributed by atoms with E-state index in [9.17, 15) is 4.79 Å². The molecule has 1 rings (SSSR count). The molecular weight excluding hydrogens is 300 g/mol. The van der Waals surface area contributed by atoms with E-state index in [1.165, 1.54) is 0 Å². The second kappa shape index (κ2) is 8.17. The van der Waals surface area contributed by atoms with Gasteiger partial charge in [0.25, 0.3) is 0 Å². The van der Waals surface area contributed by atoms with Gasteiger partial charge in [0, 0.05) is 6.04 Å². The molecule has 0 N–H and O–H groups in total. The average Bonchev–Trinajstić information content (AvgIpc) is 2.44. The van der Waals surface area contributed by atoms with Gasteiger partial charge in [-0.05, 0) is 33.3 Å². The Morgan fingerprint density at radius 2 is 1.95 bits per heavy atom. The molecule has 0 unspecified atom stereocenters. The normalized spacial score (nSPS) is 14.2. The number of alkyl halides is 1. The smallest absolute Gasteiger partial charge is 0.320 e. The topological polar surface area (TPSA) is 53.3 Å². The highest BCUT2D eigenvalue weighted by atomic mass is 35.5. The first kappa shape index (κ1) is 18.5. The maximum atomic E-state index is 12.0. The summed E-state index contributed by atoms with van der Waals surface area (Å²) in [4.78, 5) is 13.7. The van der Waals surface area contributed by atoms with Crippen LogP contribution in [-0.2, 0) is 9.53 Å². The van der Waals surface area contributed by atoms with Crippen molar-refractivity contribution in [2.24, 2.45) is 0 Å². The molecule has 0 fully saturated rings. The summed E-state index contributed by atoms with van der Waals surface area (Å²) in [7, 11) is 0. The van der Waals surface area contributed by atoms with Gasteiger partial charge in [0.1, 0.15) is 5.60 Å². The predicted octanol–water partition coefficient (Wildman–Crippen LogP) is 3.52. The fourth-order valence-corrected chi connectivity index (χ4v) is 2.38. The number of hydrogen-bond donors (Lipinski definition) is 0. The molecule has 1 aromatic carbocycles. The molecule has 0 saturated carbocycles. The van der Waals surface area contributed by atoms with Crippen LogP contribution in [-0.4, -0.2) is 35.6 Å². The van der Waals surface area contributed by atoms with Crippen LogP contribution in [0.3, 0.4) is 0 Å². The van der Waals surface area contributed by atoms with Crippen LogP contribution in [0, 0.1) is 11.3 Å². The second-order valence-corrected chi connectivity index (χ2v) is 6.67. The third-order valence-electron chi connectivity index (χ3n) is 3.14. The zero-order chi connectivity index (χ0) is 16.8. The molecule has 0 saturated heterocycles. The van der Waals surface area contributed by atoms with Crippen molar-refractivity contribution in [3.8, 4) is 6.07 Å². The van der Waals surface area contributed by atoms with Crippen LogP contribution in [0.1, 0.15) is 38.6 Å². The average molecular weight is 323 g/mol. The number of rotatable bonds is 6. The summed E-state index contributed by atoms with van der Waals surface area (Å²) in [6.07, 6.45) is 0. The lowest BCUT2D eigenvalue weighted by molar-refractivity contribution is -0.156. The van der Waals surface area contributed by atoms with E-state index >= 15 is 0 Å². The Morgan fingerprint density at radius 3 is 2.45 bits per heavy atom. The Kier molecular flexibility index (Phi) is 6.86. The first-order valence-corrected chi connectivity index (χ1v) is 7.70. The van der Waals surface area contributed by atoms with Crippen LogP contribution in [0.4, 0.5) is 0 Å². The highest BCUT2D eigenvalue weighted by Gasteiger charge is 2.26. The van der Waals surface area contributed by atoms with E-state index in [1.807, 2.05) is 58.0 Å². The van der Waals surface area contributed by atoms with Crippen LogP contribution in [0.2, 0.25) is 0 Å². The van der Waals surface area contributed by atoms with E-state index in [0.29, 0.717) is 0 Å². The molecule has 0 aliphatic rings. The third-order valence-corrected chi connectivity index (χ3v) is 3.76. The molecular formula is C17H23ClN2O2. The lowest BCUT2D eigenvalue weighted by Crippen LogP contribution is -2.42. The number of esters is 1. The first-order chi connectivity index (χ1) is 10.2. The lowest BCUT2D eigenvalue weighted by atomic mass is 10.1. The molecule has 0 amide bonds. The maximum Gasteiger partial charge on any atom is 0.320 e. The van der Waals surface area contributed by atoms with Gasteiger partial charge in [-0.3, -0.25) is 9.69 Å². The van der Waals surface area contributed by atoms with Crippen molar-refractivity contribution in [2.45, 2.75) is 44.7 Å². The maximum absolute atomic E-state index is 12.0. The molecule has 0 heterocycles. The first-order valence-electron chi connectivity index (χ1n) is 7.26. The Hall–Kier alpha value is -1.57. The Bertz CT molecular complexity index is 520. The van der Waals surface area contributed by atoms with Gasteiger partial charge in [0.15, 0.2) is 0 Å². The van der Waals surface area contributed by atoms with Crippen LogP contribution in [0.5, 0.6) is 0 Å². The quantitative estimate of drug-likeness (QED) is 0.457. The minimum absolute atomic E-state index is 0.0437. The van der Waals surface area contributed by atoms with Gasteiger partial charge in [-0.1, -0.05) is 30.3 Å². The fourth-order valence-electron chi connectivity index (χ4n) is 2.07. The van der Waals surface area contributed by atoms with Gasteiger partial charge in [0.05, 0.1) is 24.5 Å². The molecule has 2 atom stereocenters. The van der Waals surface area contributed by atoms with Crippen molar-refractivity contribution < 1.29 is 9.53 Å². The van der Waals surface area contributed by atoms with Crippen molar-refractivity contribution >= 4 is 17.6 Å². The van der Waals surface area contributed by atoms with Gasteiger partial charge in [-0.25, -0.2) is 0 Å². The largest absolute Gasteiger partial charge is 0.459 e. The van der Waals surface area contributed by atoms with Gasteiger partial charge < -0.3 is 4.74 Å². The number of nitrogens with zero attached hydrogens (tertiary/aromatic N) is 2. The SMILES string of the molecule is C[C@@H]([C@H](Cl)c1ccccc1)N(CC#N)CC(=O)OC(C)(C)C. The summed E-state index contributed by atoms with van der Waals surface area (Å²) in [5, 5.41) is 8.69. The standard InChI is InChI=1S/C17H23ClN2O2/c1-13(16(18)14-8-6-5-7-9-14)20(11-10-19)12-15(21)22-17(2,3)4/h5-9,13,16H,11-12H2,1-4H3/t13-,16-/m0/s1. The molecule has 120 valence electrons. The van der Waals surface area contributed by atoms with E-state index in [0.717, 1.165) is 5.56 Å². The van der Waals surface area contributed by atoms with Crippen LogP contribution in [0.25, 0.3) is 0 Å². The zero-order valence-electron chi connectivity index (χ0n) is 13.5. The number of nitriles is 1. The van der Waals surface area contributed by atoms with E-state index < -0.39 is 5.60 Å². The number of carbonyl (C=O) groups is 1. The number of halogens is 1. The molecule has 4 nitrogen and oxygen atoms in total. The van der Waals surface area contributed by atoms with Gasteiger partial charge in [-0.2, -0.15) is 5.26 Å². The van der Waals surface area contributed by atoms with Crippen molar-refractivity contribution in [1.29, 1.82) is 5.26 Å². The number of ether oxygens (including phenoxy) is 1. The van der Waals surface area contributed by atoms with Crippen molar-refractivity contribution in [3.05, 3.63) is 35.9 Å². The zero-order valence-corrected chi connectivity index (χ0v) is 14.3. The Labute approximate surface area is 137 Å². The summed E-state index contributed by atoms with van der Waals surface area (Å²) < 4.78 is 5.32. The molecule has 0 radical (unpaired) electrons. The Morgan fingerprint density at radius 1 is 1.36 bits per heavy atom. The second-order valence-electron chi connectivity index (χ2n) is 6.20. The number of carbonyl (C=O) groups excluding carboxylic acids is 1. The third kappa shape index (κ3) is 6.05. The molecule has 1 aromatic rings. The minimum atomic E-state index is -0.543. The van der Waals surface area contributed by atoms with E-state index in [1.54, 1.807) is 4.90 Å². The monoisotopic (exact) mass is 322 g/mol.